The van der Waals surface area contributed by atoms with Gasteiger partial charge in [-0.15, -0.1) is 11.3 Å². The Morgan fingerprint density at radius 2 is 1.43 bits per heavy atom. The van der Waals surface area contributed by atoms with Crippen molar-refractivity contribution in [3.05, 3.63) is 118 Å². The van der Waals surface area contributed by atoms with Gasteiger partial charge in [-0.05, 0) is 46.7 Å². The highest BCUT2D eigenvalue weighted by Crippen LogP contribution is 2.30. The normalized spacial score (nSPS) is 12.1. The number of aryl methyl sites for hydroxylation is 1. The van der Waals surface area contributed by atoms with E-state index in [4.69, 9.17) is 0 Å². The molecule has 0 aliphatic rings. The smallest absolute Gasteiger partial charge is 0.326 e. The minimum Gasteiger partial charge on any atom is -0.480 e. The standard InChI is InChI=1S/C35H33N3O3S/c1-22-6-5-7-27(18-22)24-12-14-25(15-13-24)28-20-36-32(37-21-28)26-10-8-23(9-11-26)19-29(34(40)41)38-33(39)30-16-17-31(42-30)35(2,3)4/h5-18,20-21,29H,19H2,1-4H3,(H,38,39)(H,40,41)/t29-/m0/s1. The van der Waals surface area contributed by atoms with Gasteiger partial charge in [0.1, 0.15) is 6.04 Å². The topological polar surface area (TPSA) is 92.2 Å². The zero-order valence-electron chi connectivity index (χ0n) is 24.1. The van der Waals surface area contributed by atoms with Crippen LogP contribution in [-0.4, -0.2) is 33.0 Å². The Balaban J connectivity index is 1.23. The van der Waals surface area contributed by atoms with Crippen LogP contribution in [0.3, 0.4) is 0 Å². The van der Waals surface area contributed by atoms with Crippen molar-refractivity contribution in [1.29, 1.82) is 0 Å². The van der Waals surface area contributed by atoms with Crippen molar-refractivity contribution in [2.45, 2.75) is 45.6 Å². The average molecular weight is 576 g/mol. The van der Waals surface area contributed by atoms with Crippen LogP contribution in [0, 0.1) is 6.92 Å². The van der Waals surface area contributed by atoms with Crippen LogP contribution in [0.2, 0.25) is 0 Å². The van der Waals surface area contributed by atoms with Gasteiger partial charge in [0.25, 0.3) is 5.91 Å². The highest BCUT2D eigenvalue weighted by Gasteiger charge is 2.24. The third-order valence-electron chi connectivity index (χ3n) is 7.05. The molecule has 0 unspecified atom stereocenters. The summed E-state index contributed by atoms with van der Waals surface area (Å²) in [5, 5.41) is 12.4. The molecule has 0 saturated carbocycles. The maximum atomic E-state index is 12.8. The largest absolute Gasteiger partial charge is 0.480 e. The summed E-state index contributed by atoms with van der Waals surface area (Å²) in [5.41, 5.74) is 7.07. The summed E-state index contributed by atoms with van der Waals surface area (Å²) >= 11 is 1.39. The highest BCUT2D eigenvalue weighted by molar-refractivity contribution is 7.14. The maximum absolute atomic E-state index is 12.8. The molecule has 212 valence electrons. The first-order valence-electron chi connectivity index (χ1n) is 13.8. The first-order valence-corrected chi connectivity index (χ1v) is 14.6. The zero-order chi connectivity index (χ0) is 29.9. The van der Waals surface area contributed by atoms with Gasteiger partial charge in [0.2, 0.25) is 0 Å². The second-order valence-corrected chi connectivity index (χ2v) is 12.5. The van der Waals surface area contributed by atoms with Crippen LogP contribution < -0.4 is 5.32 Å². The summed E-state index contributed by atoms with van der Waals surface area (Å²) in [6.07, 6.45) is 3.78. The summed E-state index contributed by atoms with van der Waals surface area (Å²) in [6, 6.07) is 26.9. The van der Waals surface area contributed by atoms with E-state index >= 15 is 0 Å². The number of aliphatic carboxylic acids is 1. The second kappa shape index (κ2) is 12.1. The lowest BCUT2D eigenvalue weighted by Crippen LogP contribution is -2.42. The lowest BCUT2D eigenvalue weighted by Gasteiger charge is -2.16. The van der Waals surface area contributed by atoms with Gasteiger partial charge in [-0.2, -0.15) is 0 Å². The number of benzene rings is 3. The van der Waals surface area contributed by atoms with E-state index in [0.29, 0.717) is 10.7 Å². The quantitative estimate of drug-likeness (QED) is 0.199. The molecule has 0 saturated heterocycles. The Hall–Kier alpha value is -4.62. The van der Waals surface area contributed by atoms with E-state index in [1.54, 1.807) is 6.07 Å². The molecule has 0 fully saturated rings. The van der Waals surface area contributed by atoms with E-state index in [2.05, 4.69) is 91.5 Å². The van der Waals surface area contributed by atoms with Crippen LogP contribution in [0.4, 0.5) is 0 Å². The number of carbonyl (C=O) groups is 2. The van der Waals surface area contributed by atoms with E-state index in [-0.39, 0.29) is 17.7 Å². The molecule has 42 heavy (non-hydrogen) atoms. The predicted octanol–water partition coefficient (Wildman–Crippen LogP) is 7.57. The van der Waals surface area contributed by atoms with Crippen LogP contribution in [0.5, 0.6) is 0 Å². The van der Waals surface area contributed by atoms with E-state index in [1.165, 1.54) is 22.5 Å². The number of aromatic nitrogens is 2. The molecule has 5 aromatic rings. The molecule has 7 heteroatoms. The molecule has 2 aromatic heterocycles. The molecule has 5 rings (SSSR count). The lowest BCUT2D eigenvalue weighted by atomic mass is 9.95. The van der Waals surface area contributed by atoms with Gasteiger partial charge >= 0.3 is 5.97 Å². The number of nitrogens with one attached hydrogen (secondary N) is 1. The number of thiophene rings is 1. The van der Waals surface area contributed by atoms with Gasteiger partial charge in [0.15, 0.2) is 5.82 Å². The van der Waals surface area contributed by atoms with Crippen molar-refractivity contribution in [1.82, 2.24) is 15.3 Å². The van der Waals surface area contributed by atoms with Gasteiger partial charge in [0.05, 0.1) is 4.88 Å². The molecular weight excluding hydrogens is 542 g/mol. The molecule has 6 nitrogen and oxygen atoms in total. The van der Waals surface area contributed by atoms with Crippen molar-refractivity contribution < 1.29 is 14.7 Å². The molecule has 0 radical (unpaired) electrons. The second-order valence-electron chi connectivity index (χ2n) is 11.4. The number of carbonyl (C=O) groups excluding carboxylic acids is 1. The monoisotopic (exact) mass is 575 g/mol. The highest BCUT2D eigenvalue weighted by atomic mass is 32.1. The van der Waals surface area contributed by atoms with Gasteiger partial charge in [-0.25, -0.2) is 14.8 Å². The van der Waals surface area contributed by atoms with Gasteiger partial charge in [0, 0.05) is 34.8 Å². The summed E-state index contributed by atoms with van der Waals surface area (Å²) in [4.78, 5) is 35.4. The van der Waals surface area contributed by atoms with Gasteiger partial charge in [-0.1, -0.05) is 99.1 Å². The number of rotatable bonds is 8. The third kappa shape index (κ3) is 6.81. The first kappa shape index (κ1) is 28.9. The fraction of sp³-hybridized carbons (Fsp3) is 0.200. The SMILES string of the molecule is Cc1cccc(-c2ccc(-c3cnc(-c4ccc(C[C@H](NC(=O)c5ccc(C(C)(C)C)s5)C(=O)O)cc4)nc3)cc2)c1. The molecule has 0 bridgehead atoms. The minimum absolute atomic E-state index is 0.0748. The summed E-state index contributed by atoms with van der Waals surface area (Å²) in [5.74, 6) is -0.874. The lowest BCUT2D eigenvalue weighted by molar-refractivity contribution is -0.139. The molecule has 0 spiro atoms. The Bertz CT molecular complexity index is 1700. The summed E-state index contributed by atoms with van der Waals surface area (Å²) in [6.45, 7) is 8.32. The van der Waals surface area contributed by atoms with E-state index in [9.17, 15) is 14.7 Å². The van der Waals surface area contributed by atoms with E-state index in [1.807, 2.05) is 42.7 Å². The van der Waals surface area contributed by atoms with Gasteiger partial charge < -0.3 is 10.4 Å². The molecule has 1 atom stereocenters. The Morgan fingerprint density at radius 1 is 0.810 bits per heavy atom. The Kier molecular flexibility index (Phi) is 8.31. The Labute approximate surface area is 250 Å². The predicted molar refractivity (Wildman–Crippen MR) is 169 cm³/mol. The molecule has 2 N–H and O–H groups in total. The first-order chi connectivity index (χ1) is 20.1. The van der Waals surface area contributed by atoms with Crippen LogP contribution in [-0.2, 0) is 16.6 Å². The number of carboxylic acid groups (broad SMARTS) is 1. The fourth-order valence-corrected chi connectivity index (χ4v) is 5.59. The van der Waals surface area contributed by atoms with Crippen molar-refractivity contribution in [3.63, 3.8) is 0 Å². The fourth-order valence-electron chi connectivity index (χ4n) is 4.62. The average Bonchev–Trinajstić information content (AvgIpc) is 3.49. The number of hydrogen-bond donors (Lipinski definition) is 2. The van der Waals surface area contributed by atoms with E-state index < -0.39 is 12.0 Å². The summed E-state index contributed by atoms with van der Waals surface area (Å²) in [7, 11) is 0. The molecule has 0 aliphatic heterocycles. The van der Waals surface area contributed by atoms with Crippen LogP contribution in [0.1, 0.15) is 46.4 Å². The van der Waals surface area contributed by atoms with Crippen molar-refractivity contribution in [3.8, 4) is 33.6 Å². The van der Waals surface area contributed by atoms with Crippen molar-refractivity contribution in [2.24, 2.45) is 0 Å². The molecule has 2 heterocycles. The van der Waals surface area contributed by atoms with Crippen LogP contribution >= 0.6 is 11.3 Å². The summed E-state index contributed by atoms with van der Waals surface area (Å²) < 4.78 is 0. The zero-order valence-corrected chi connectivity index (χ0v) is 24.9. The molecule has 0 aliphatic carbocycles. The van der Waals surface area contributed by atoms with Crippen LogP contribution in [0.15, 0.2) is 97.3 Å². The van der Waals surface area contributed by atoms with Crippen molar-refractivity contribution in [2.75, 3.05) is 0 Å². The minimum atomic E-state index is -1.08. The van der Waals surface area contributed by atoms with Crippen LogP contribution in [0.25, 0.3) is 33.6 Å². The molecule has 3 aromatic carbocycles. The third-order valence-corrected chi connectivity index (χ3v) is 8.56. The number of nitrogens with zero attached hydrogens (tertiary/aromatic N) is 2. The number of carboxylic acids is 1. The van der Waals surface area contributed by atoms with Crippen molar-refractivity contribution >= 4 is 23.2 Å². The number of hydrogen-bond acceptors (Lipinski definition) is 5. The Morgan fingerprint density at radius 3 is 2.00 bits per heavy atom. The molecule has 1 amide bonds. The molecular formula is C35H33N3O3S. The maximum Gasteiger partial charge on any atom is 0.326 e. The number of amides is 1. The van der Waals surface area contributed by atoms with Gasteiger partial charge in [-0.3, -0.25) is 4.79 Å². The van der Waals surface area contributed by atoms with E-state index in [0.717, 1.165) is 32.7 Å².